The molecule has 1 atom stereocenters. The molecule has 1 saturated heterocycles. The number of alkyl halides is 1. The lowest BCUT2D eigenvalue weighted by atomic mass is 10.3. The molecule has 9 heteroatoms. The molecule has 17 heavy (non-hydrogen) atoms. The molecular formula is C8H15BrN2O5S. The van der Waals surface area contributed by atoms with E-state index < -0.39 is 16.3 Å². The molecule has 0 aromatic carbocycles. The highest BCUT2D eigenvalue weighted by Gasteiger charge is 2.30. The lowest BCUT2D eigenvalue weighted by molar-refractivity contribution is 0.0132. The molecule has 1 fully saturated rings. The Morgan fingerprint density at radius 3 is 2.94 bits per heavy atom. The smallest absolute Gasteiger partial charge is 0.421 e. The molecule has 1 aliphatic rings. The number of amides is 1. The van der Waals surface area contributed by atoms with Crippen molar-refractivity contribution < 1.29 is 22.7 Å². The van der Waals surface area contributed by atoms with Crippen molar-refractivity contribution in [2.24, 2.45) is 0 Å². The fraction of sp³-hybridized carbons (Fsp3) is 0.875. The number of hydrogen-bond donors (Lipinski definition) is 1. The quantitative estimate of drug-likeness (QED) is 0.737. The van der Waals surface area contributed by atoms with Crippen molar-refractivity contribution >= 4 is 32.2 Å². The standard InChI is InChI=1S/C8H15BrN2O5S/c1-2-15-8(12)10-17(13,14)11-3-4-16-7(5-9)6-11/h7H,2-6H2,1H3,(H,10,12). The van der Waals surface area contributed by atoms with Crippen molar-refractivity contribution in [1.82, 2.24) is 9.03 Å². The fourth-order valence-electron chi connectivity index (χ4n) is 1.33. The maximum atomic E-state index is 11.8. The van der Waals surface area contributed by atoms with Crippen molar-refractivity contribution in [3.63, 3.8) is 0 Å². The molecule has 0 radical (unpaired) electrons. The lowest BCUT2D eigenvalue weighted by Crippen LogP contribution is -2.51. The van der Waals surface area contributed by atoms with E-state index in [0.29, 0.717) is 11.9 Å². The fourth-order valence-corrected chi connectivity index (χ4v) is 2.80. The molecule has 1 heterocycles. The molecule has 1 N–H and O–H groups in total. The van der Waals surface area contributed by atoms with Gasteiger partial charge in [-0.1, -0.05) is 15.9 Å². The van der Waals surface area contributed by atoms with E-state index in [0.717, 1.165) is 0 Å². The molecular weight excluding hydrogens is 316 g/mol. The van der Waals surface area contributed by atoms with E-state index in [4.69, 9.17) is 4.74 Å². The highest BCUT2D eigenvalue weighted by atomic mass is 79.9. The van der Waals surface area contributed by atoms with Crippen LogP contribution in [-0.2, 0) is 19.7 Å². The number of carbonyl (C=O) groups excluding carboxylic acids is 1. The van der Waals surface area contributed by atoms with Crippen molar-refractivity contribution in [1.29, 1.82) is 0 Å². The maximum absolute atomic E-state index is 11.8. The van der Waals surface area contributed by atoms with Gasteiger partial charge in [0.2, 0.25) is 0 Å². The highest BCUT2D eigenvalue weighted by molar-refractivity contribution is 9.09. The Balaban J connectivity index is 2.60. The topological polar surface area (TPSA) is 84.9 Å². The number of rotatable bonds is 4. The summed E-state index contributed by atoms with van der Waals surface area (Å²) in [5, 5.41) is 0.540. The third-order valence-electron chi connectivity index (χ3n) is 2.10. The molecule has 0 aromatic rings. The van der Waals surface area contributed by atoms with Gasteiger partial charge in [-0.3, -0.25) is 0 Å². The Kier molecular flexibility index (Phi) is 5.63. The lowest BCUT2D eigenvalue weighted by Gasteiger charge is -2.30. The monoisotopic (exact) mass is 330 g/mol. The van der Waals surface area contributed by atoms with E-state index in [2.05, 4.69) is 20.7 Å². The highest BCUT2D eigenvalue weighted by Crippen LogP contribution is 2.10. The summed E-state index contributed by atoms with van der Waals surface area (Å²) in [5.74, 6) is 0. The summed E-state index contributed by atoms with van der Waals surface area (Å²) in [6, 6.07) is 0. The summed E-state index contributed by atoms with van der Waals surface area (Å²) in [5.41, 5.74) is 0. The van der Waals surface area contributed by atoms with Gasteiger partial charge in [0, 0.05) is 18.4 Å². The van der Waals surface area contributed by atoms with Crippen molar-refractivity contribution in [2.45, 2.75) is 13.0 Å². The van der Waals surface area contributed by atoms with Crippen LogP contribution in [0.5, 0.6) is 0 Å². The Morgan fingerprint density at radius 1 is 1.65 bits per heavy atom. The van der Waals surface area contributed by atoms with Gasteiger partial charge in [-0.2, -0.15) is 12.7 Å². The molecule has 0 aliphatic carbocycles. The first-order valence-corrected chi connectivity index (χ1v) is 7.68. The van der Waals surface area contributed by atoms with Crippen LogP contribution >= 0.6 is 15.9 Å². The Hall–Kier alpha value is -0.380. The molecule has 7 nitrogen and oxygen atoms in total. The summed E-state index contributed by atoms with van der Waals surface area (Å²) in [6.07, 6.45) is -1.17. The normalized spacial score (nSPS) is 22.1. The van der Waals surface area contributed by atoms with Crippen LogP contribution < -0.4 is 4.72 Å². The average molecular weight is 331 g/mol. The molecule has 1 amide bonds. The molecule has 1 unspecified atom stereocenters. The van der Waals surface area contributed by atoms with Gasteiger partial charge in [-0.05, 0) is 6.92 Å². The summed E-state index contributed by atoms with van der Waals surface area (Å²) < 4.78 is 36.4. The van der Waals surface area contributed by atoms with Gasteiger partial charge in [-0.25, -0.2) is 9.52 Å². The first-order valence-electron chi connectivity index (χ1n) is 5.11. The van der Waals surface area contributed by atoms with Crippen LogP contribution in [-0.4, -0.2) is 56.6 Å². The van der Waals surface area contributed by atoms with E-state index in [-0.39, 0.29) is 25.8 Å². The van der Waals surface area contributed by atoms with Gasteiger partial charge in [0.05, 0.1) is 19.3 Å². The zero-order valence-corrected chi connectivity index (χ0v) is 11.8. The third-order valence-corrected chi connectivity index (χ3v) is 4.26. The van der Waals surface area contributed by atoms with Crippen LogP contribution in [0.3, 0.4) is 0 Å². The summed E-state index contributed by atoms with van der Waals surface area (Å²) in [7, 11) is -3.84. The van der Waals surface area contributed by atoms with Crippen molar-refractivity contribution in [2.75, 3.05) is 31.6 Å². The van der Waals surface area contributed by atoms with Crippen LogP contribution in [0.4, 0.5) is 4.79 Å². The van der Waals surface area contributed by atoms with Gasteiger partial charge < -0.3 is 9.47 Å². The van der Waals surface area contributed by atoms with Crippen molar-refractivity contribution in [3.8, 4) is 0 Å². The number of nitrogens with one attached hydrogen (secondary N) is 1. The number of halogens is 1. The number of nitrogens with zero attached hydrogens (tertiary/aromatic N) is 1. The molecule has 0 saturated carbocycles. The Morgan fingerprint density at radius 2 is 2.35 bits per heavy atom. The Bertz CT molecular complexity index is 361. The largest absolute Gasteiger partial charge is 0.449 e. The number of morpholine rings is 1. The minimum Gasteiger partial charge on any atom is -0.449 e. The second kappa shape index (κ2) is 6.53. The van der Waals surface area contributed by atoms with Crippen LogP contribution in [0.25, 0.3) is 0 Å². The predicted molar refractivity (Wildman–Crippen MR) is 64.2 cm³/mol. The predicted octanol–water partition coefficient (Wildman–Crippen LogP) is 0.0730. The average Bonchev–Trinajstić information content (AvgIpc) is 2.28. The van der Waals surface area contributed by atoms with Gasteiger partial charge in [-0.15, -0.1) is 0 Å². The second-order valence-electron chi connectivity index (χ2n) is 3.33. The van der Waals surface area contributed by atoms with E-state index in [9.17, 15) is 13.2 Å². The van der Waals surface area contributed by atoms with E-state index >= 15 is 0 Å². The number of hydrogen-bond acceptors (Lipinski definition) is 5. The zero-order valence-electron chi connectivity index (χ0n) is 9.39. The summed E-state index contributed by atoms with van der Waals surface area (Å²) in [6.45, 7) is 2.45. The van der Waals surface area contributed by atoms with Crippen LogP contribution in [0, 0.1) is 0 Å². The molecule has 100 valence electrons. The van der Waals surface area contributed by atoms with E-state index in [1.165, 1.54) is 4.31 Å². The maximum Gasteiger partial charge on any atom is 0.421 e. The molecule has 0 spiro atoms. The van der Waals surface area contributed by atoms with Crippen LogP contribution in [0.2, 0.25) is 0 Å². The summed E-state index contributed by atoms with van der Waals surface area (Å²) in [4.78, 5) is 11.1. The van der Waals surface area contributed by atoms with Gasteiger partial charge in [0.1, 0.15) is 0 Å². The van der Waals surface area contributed by atoms with Crippen molar-refractivity contribution in [3.05, 3.63) is 0 Å². The second-order valence-corrected chi connectivity index (χ2v) is 5.65. The third kappa shape index (κ3) is 4.41. The Labute approximate surface area is 109 Å². The number of ether oxygens (including phenoxy) is 2. The van der Waals surface area contributed by atoms with Gasteiger partial charge in [0.25, 0.3) is 0 Å². The SMILES string of the molecule is CCOC(=O)NS(=O)(=O)N1CCOC(CBr)C1. The van der Waals surface area contributed by atoms with E-state index in [1.54, 1.807) is 6.92 Å². The molecule has 0 bridgehead atoms. The minimum atomic E-state index is -3.84. The number of carbonyl (C=O) groups is 1. The van der Waals surface area contributed by atoms with Crippen LogP contribution in [0.1, 0.15) is 6.92 Å². The van der Waals surface area contributed by atoms with E-state index in [1.807, 2.05) is 4.72 Å². The molecule has 0 aromatic heterocycles. The van der Waals surface area contributed by atoms with Crippen LogP contribution in [0.15, 0.2) is 0 Å². The first-order chi connectivity index (χ1) is 7.99. The minimum absolute atomic E-state index is 0.120. The zero-order chi connectivity index (χ0) is 12.9. The summed E-state index contributed by atoms with van der Waals surface area (Å²) >= 11 is 3.22. The van der Waals surface area contributed by atoms with Gasteiger partial charge >= 0.3 is 16.3 Å². The van der Waals surface area contributed by atoms with Gasteiger partial charge in [0.15, 0.2) is 0 Å². The molecule has 1 aliphatic heterocycles. The molecule has 1 rings (SSSR count). The first kappa shape index (κ1) is 14.7.